The predicted molar refractivity (Wildman–Crippen MR) is 157 cm³/mol. The Morgan fingerprint density at radius 1 is 0.925 bits per heavy atom. The van der Waals surface area contributed by atoms with Gasteiger partial charge in [-0.15, -0.1) is 5.92 Å². The smallest absolute Gasteiger partial charge is 0.307 e. The van der Waals surface area contributed by atoms with Crippen molar-refractivity contribution in [2.45, 2.75) is 51.6 Å². The number of carbonyl (C=O) groups is 1. The minimum Gasteiger partial charge on any atom is -0.494 e. The number of fused-ring (bicyclic) bond motifs is 3. The number of carbonyl (C=O) groups excluding carboxylic acids is 1. The molecule has 210 valence electrons. The van der Waals surface area contributed by atoms with Crippen LogP contribution in [0.1, 0.15) is 54.4 Å². The van der Waals surface area contributed by atoms with Crippen LogP contribution in [0, 0.1) is 11.8 Å². The van der Waals surface area contributed by atoms with Gasteiger partial charge in [-0.2, -0.15) is 0 Å². The van der Waals surface area contributed by atoms with E-state index in [4.69, 9.17) is 14.2 Å². The van der Waals surface area contributed by atoms with E-state index in [0.29, 0.717) is 19.6 Å². The van der Waals surface area contributed by atoms with Crippen molar-refractivity contribution in [3.05, 3.63) is 82.9 Å². The minimum absolute atomic E-state index is 0.129. The lowest BCUT2D eigenvalue weighted by Crippen LogP contribution is -2.08. The standard InChI is InChI=1S/C33H36O6S/c1-4-7-27(22-33(34)37-2)25-12-14-29(15-13-25)39-23-24-10-11-26-8-5-9-28-21-30(16-17-31(28)32(26)20-24)38-18-6-19-40(3,35)36/h10-17,20-21,27H,5-6,8-9,18-19,22-23H2,1-3H3/t27-/m0/s1. The fourth-order valence-electron chi connectivity index (χ4n) is 4.93. The van der Waals surface area contributed by atoms with Crippen molar-refractivity contribution in [3.63, 3.8) is 0 Å². The summed E-state index contributed by atoms with van der Waals surface area (Å²) in [5, 5.41) is 0. The number of hydrogen-bond donors (Lipinski definition) is 0. The number of aryl methyl sites for hydroxylation is 2. The third-order valence-corrected chi connectivity index (χ3v) is 8.00. The molecule has 0 amide bonds. The summed E-state index contributed by atoms with van der Waals surface area (Å²) >= 11 is 0. The molecule has 0 fully saturated rings. The van der Waals surface area contributed by atoms with Crippen molar-refractivity contribution in [2.75, 3.05) is 25.7 Å². The van der Waals surface area contributed by atoms with Crippen LogP contribution in [0.5, 0.6) is 11.5 Å². The first-order valence-electron chi connectivity index (χ1n) is 13.5. The molecular formula is C33H36O6S. The molecule has 0 bridgehead atoms. The summed E-state index contributed by atoms with van der Waals surface area (Å²) in [7, 11) is -1.60. The molecule has 3 aromatic rings. The van der Waals surface area contributed by atoms with Gasteiger partial charge in [0.15, 0.2) is 0 Å². The zero-order valence-corrected chi connectivity index (χ0v) is 24.2. The summed E-state index contributed by atoms with van der Waals surface area (Å²) in [4.78, 5) is 11.8. The summed E-state index contributed by atoms with van der Waals surface area (Å²) in [6.07, 6.45) is 4.96. The molecule has 6 nitrogen and oxygen atoms in total. The summed E-state index contributed by atoms with van der Waals surface area (Å²) in [6, 6.07) is 20.4. The van der Waals surface area contributed by atoms with Crippen molar-refractivity contribution in [1.82, 2.24) is 0 Å². The fourth-order valence-corrected chi connectivity index (χ4v) is 5.57. The molecule has 0 spiro atoms. The Morgan fingerprint density at radius 2 is 1.68 bits per heavy atom. The van der Waals surface area contributed by atoms with Gasteiger partial charge in [0.05, 0.1) is 31.8 Å². The molecule has 1 aliphatic carbocycles. The minimum atomic E-state index is -2.98. The Bertz CT molecular complexity index is 1500. The third kappa shape index (κ3) is 8.12. The Hall–Kier alpha value is -3.76. The van der Waals surface area contributed by atoms with Crippen LogP contribution in [0.25, 0.3) is 11.1 Å². The molecule has 0 saturated heterocycles. The van der Waals surface area contributed by atoms with Gasteiger partial charge >= 0.3 is 5.97 Å². The van der Waals surface area contributed by atoms with Crippen molar-refractivity contribution in [1.29, 1.82) is 0 Å². The molecule has 0 saturated carbocycles. The first-order chi connectivity index (χ1) is 19.3. The van der Waals surface area contributed by atoms with Gasteiger partial charge in [-0.25, -0.2) is 8.42 Å². The highest BCUT2D eigenvalue weighted by molar-refractivity contribution is 7.90. The number of sulfone groups is 1. The lowest BCUT2D eigenvalue weighted by atomic mass is 9.95. The maximum atomic E-state index is 11.8. The van der Waals surface area contributed by atoms with Gasteiger partial charge in [0.1, 0.15) is 27.9 Å². The van der Waals surface area contributed by atoms with E-state index < -0.39 is 9.84 Å². The lowest BCUT2D eigenvalue weighted by molar-refractivity contribution is -0.140. The summed E-state index contributed by atoms with van der Waals surface area (Å²) in [5.41, 5.74) is 7.02. The van der Waals surface area contributed by atoms with Gasteiger partial charge in [0, 0.05) is 6.26 Å². The van der Waals surface area contributed by atoms with Crippen LogP contribution in [0.2, 0.25) is 0 Å². The van der Waals surface area contributed by atoms with E-state index in [0.717, 1.165) is 41.9 Å². The Kier molecular flexibility index (Phi) is 9.89. The Labute approximate surface area is 237 Å². The molecule has 1 aliphatic rings. The van der Waals surface area contributed by atoms with Crippen LogP contribution in [-0.2, 0) is 38.8 Å². The highest BCUT2D eigenvalue weighted by Gasteiger charge is 2.17. The fraction of sp³-hybridized carbons (Fsp3) is 0.364. The number of esters is 1. The molecule has 0 radical (unpaired) electrons. The van der Waals surface area contributed by atoms with Crippen molar-refractivity contribution >= 4 is 15.8 Å². The van der Waals surface area contributed by atoms with Gasteiger partial charge in [-0.05, 0) is 96.3 Å². The van der Waals surface area contributed by atoms with Gasteiger partial charge in [-0.3, -0.25) is 4.79 Å². The van der Waals surface area contributed by atoms with Gasteiger partial charge in [0.25, 0.3) is 0 Å². The maximum Gasteiger partial charge on any atom is 0.307 e. The number of rotatable bonds is 11. The normalized spacial score (nSPS) is 13.1. The monoisotopic (exact) mass is 560 g/mol. The van der Waals surface area contributed by atoms with E-state index in [1.165, 1.54) is 35.6 Å². The zero-order chi connectivity index (χ0) is 28.5. The first-order valence-corrected chi connectivity index (χ1v) is 15.6. The molecule has 1 atom stereocenters. The molecule has 0 unspecified atom stereocenters. The molecule has 7 heteroatoms. The second kappa shape index (κ2) is 13.5. The summed E-state index contributed by atoms with van der Waals surface area (Å²) < 4.78 is 39.5. The highest BCUT2D eigenvalue weighted by Crippen LogP contribution is 2.35. The van der Waals surface area contributed by atoms with Crippen LogP contribution >= 0.6 is 0 Å². The summed E-state index contributed by atoms with van der Waals surface area (Å²) in [6.45, 7) is 2.57. The average molecular weight is 561 g/mol. The largest absolute Gasteiger partial charge is 0.494 e. The quantitative estimate of drug-likeness (QED) is 0.165. The van der Waals surface area contributed by atoms with Gasteiger partial charge < -0.3 is 14.2 Å². The van der Waals surface area contributed by atoms with E-state index in [1.807, 2.05) is 30.3 Å². The van der Waals surface area contributed by atoms with E-state index >= 15 is 0 Å². The Morgan fingerprint density at radius 3 is 2.40 bits per heavy atom. The van der Waals surface area contributed by atoms with Crippen LogP contribution in [-0.4, -0.2) is 40.1 Å². The number of methoxy groups -OCH3 is 1. The van der Waals surface area contributed by atoms with E-state index in [-0.39, 0.29) is 24.1 Å². The van der Waals surface area contributed by atoms with Crippen LogP contribution in [0.4, 0.5) is 0 Å². The van der Waals surface area contributed by atoms with Crippen LogP contribution in [0.3, 0.4) is 0 Å². The summed E-state index contributed by atoms with van der Waals surface area (Å²) in [5.74, 6) is 7.13. The average Bonchev–Trinajstić information content (AvgIpc) is 3.12. The second-order valence-electron chi connectivity index (χ2n) is 10.1. The molecule has 0 N–H and O–H groups in total. The van der Waals surface area contributed by atoms with Crippen molar-refractivity contribution in [2.24, 2.45) is 0 Å². The van der Waals surface area contributed by atoms with E-state index in [1.54, 1.807) is 6.92 Å². The number of ether oxygens (including phenoxy) is 3. The van der Waals surface area contributed by atoms with Crippen LogP contribution < -0.4 is 9.47 Å². The highest BCUT2D eigenvalue weighted by atomic mass is 32.2. The topological polar surface area (TPSA) is 78.9 Å². The zero-order valence-electron chi connectivity index (χ0n) is 23.4. The Balaban J connectivity index is 1.43. The second-order valence-corrected chi connectivity index (χ2v) is 12.3. The number of hydrogen-bond acceptors (Lipinski definition) is 6. The van der Waals surface area contributed by atoms with Crippen molar-refractivity contribution < 1.29 is 27.4 Å². The maximum absolute atomic E-state index is 11.8. The van der Waals surface area contributed by atoms with Gasteiger partial charge in [0.2, 0.25) is 0 Å². The molecule has 0 aromatic heterocycles. The number of benzene rings is 3. The molecule has 40 heavy (non-hydrogen) atoms. The molecular weight excluding hydrogens is 524 g/mol. The van der Waals surface area contributed by atoms with Gasteiger partial charge in [-0.1, -0.05) is 36.3 Å². The van der Waals surface area contributed by atoms with Crippen LogP contribution in [0.15, 0.2) is 60.7 Å². The first kappa shape index (κ1) is 29.2. The predicted octanol–water partition coefficient (Wildman–Crippen LogP) is 5.90. The van der Waals surface area contributed by atoms with E-state index in [2.05, 4.69) is 42.2 Å². The SMILES string of the molecule is CC#C[C@@H](CC(=O)OC)c1ccc(OCc2ccc3c(c2)-c2ccc(OCCCS(C)(=O)=O)cc2CCC3)cc1. The lowest BCUT2D eigenvalue weighted by Gasteiger charge is -2.14. The molecule has 0 heterocycles. The third-order valence-electron chi connectivity index (χ3n) is 6.97. The van der Waals surface area contributed by atoms with E-state index in [9.17, 15) is 13.2 Å². The molecule has 0 aliphatic heterocycles. The van der Waals surface area contributed by atoms with Crippen molar-refractivity contribution in [3.8, 4) is 34.5 Å². The molecule has 3 aromatic carbocycles. The molecule has 4 rings (SSSR count).